The summed E-state index contributed by atoms with van der Waals surface area (Å²) in [6.07, 6.45) is 3.38. The minimum atomic E-state index is -0.732. The highest BCUT2D eigenvalue weighted by Gasteiger charge is 2.18. The Bertz CT molecular complexity index is 902. The van der Waals surface area contributed by atoms with Crippen molar-refractivity contribution < 1.29 is 18.7 Å². The predicted molar refractivity (Wildman–Crippen MR) is 97.6 cm³/mol. The quantitative estimate of drug-likeness (QED) is 0.632. The fraction of sp³-hybridized carbons (Fsp3) is 0.316. The van der Waals surface area contributed by atoms with Gasteiger partial charge in [0.15, 0.2) is 0 Å². The molecule has 1 aliphatic heterocycles. The minimum Gasteiger partial charge on any atom is -0.488 e. The highest BCUT2D eigenvalue weighted by molar-refractivity contribution is 5.87. The van der Waals surface area contributed by atoms with Crippen LogP contribution in [0.25, 0.3) is 0 Å². The van der Waals surface area contributed by atoms with Gasteiger partial charge in [0.1, 0.15) is 29.6 Å². The van der Waals surface area contributed by atoms with Crippen LogP contribution in [0.1, 0.15) is 31.0 Å². The summed E-state index contributed by atoms with van der Waals surface area (Å²) in [5.41, 5.74) is 6.84. The summed E-state index contributed by atoms with van der Waals surface area (Å²) in [4.78, 5) is 18.8. The van der Waals surface area contributed by atoms with Crippen LogP contribution in [0.3, 0.4) is 0 Å². The highest BCUT2D eigenvalue weighted by Crippen LogP contribution is 2.25. The number of nitrogens with one attached hydrogen (secondary N) is 1. The maximum absolute atomic E-state index is 13.8. The molecule has 8 heteroatoms. The summed E-state index contributed by atoms with van der Waals surface area (Å²) in [7, 11) is 0. The zero-order valence-electron chi connectivity index (χ0n) is 14.8. The zero-order valence-corrected chi connectivity index (χ0v) is 14.8. The number of anilines is 2. The van der Waals surface area contributed by atoms with Crippen LogP contribution in [0.2, 0.25) is 0 Å². The number of aromatic nitrogens is 2. The Morgan fingerprint density at radius 2 is 2.33 bits per heavy atom. The molecule has 1 atom stereocenters. The summed E-state index contributed by atoms with van der Waals surface area (Å²) < 4.78 is 24.9. The first-order valence-electron chi connectivity index (χ1n) is 8.47. The Morgan fingerprint density at radius 1 is 1.48 bits per heavy atom. The second-order valence-electron chi connectivity index (χ2n) is 6.01. The summed E-state index contributed by atoms with van der Waals surface area (Å²) in [5, 5.41) is 2.57. The number of nitrogens with two attached hydrogens (primary N) is 1. The van der Waals surface area contributed by atoms with E-state index in [4.69, 9.17) is 15.2 Å². The number of carbonyl (C=O) groups is 1. The Kier molecular flexibility index (Phi) is 5.84. The molecule has 2 aromatic heterocycles. The molecule has 1 aliphatic rings. The van der Waals surface area contributed by atoms with Gasteiger partial charge in [0.2, 0.25) is 11.9 Å². The van der Waals surface area contributed by atoms with Crippen molar-refractivity contribution >= 4 is 17.4 Å². The lowest BCUT2D eigenvalue weighted by molar-refractivity contribution is -0.114. The maximum Gasteiger partial charge on any atom is 0.222 e. The number of amides is 1. The lowest BCUT2D eigenvalue weighted by Crippen LogP contribution is -2.17. The number of hydrogen-bond acceptors (Lipinski definition) is 6. The third-order valence-corrected chi connectivity index (χ3v) is 3.83. The first-order chi connectivity index (χ1) is 13.0. The number of carbonyl (C=O) groups excluding carboxylic acids is 1. The van der Waals surface area contributed by atoms with Gasteiger partial charge in [-0.05, 0) is 30.9 Å². The SMILES string of the molecule is CC(=O)Nc1cc(C#Cc2nc(F)cc(OCC3CCCO3)c2N)ccn1. The van der Waals surface area contributed by atoms with E-state index in [1.54, 1.807) is 12.1 Å². The van der Waals surface area contributed by atoms with Crippen molar-refractivity contribution in [2.24, 2.45) is 0 Å². The fourth-order valence-corrected chi connectivity index (χ4v) is 2.56. The zero-order chi connectivity index (χ0) is 19.2. The Hall–Kier alpha value is -3.18. The van der Waals surface area contributed by atoms with E-state index >= 15 is 0 Å². The second-order valence-corrected chi connectivity index (χ2v) is 6.01. The molecule has 0 saturated carbocycles. The Balaban J connectivity index is 1.79. The molecule has 1 amide bonds. The van der Waals surface area contributed by atoms with Crippen LogP contribution in [-0.4, -0.2) is 35.2 Å². The van der Waals surface area contributed by atoms with Crippen molar-refractivity contribution in [3.63, 3.8) is 0 Å². The standard InChI is InChI=1S/C19H19FN4O3/c1-12(25)23-18-9-13(6-7-22-18)4-5-15-19(21)16(10-17(20)24-15)27-11-14-3-2-8-26-14/h6-7,9-10,14H,2-3,8,11,21H2,1H3,(H,22,23,25). The molecule has 0 aliphatic carbocycles. The topological polar surface area (TPSA) is 99.4 Å². The maximum atomic E-state index is 13.8. The molecule has 27 heavy (non-hydrogen) atoms. The monoisotopic (exact) mass is 370 g/mol. The smallest absolute Gasteiger partial charge is 0.222 e. The number of nitrogens with zero attached hydrogens (tertiary/aromatic N) is 2. The minimum absolute atomic E-state index is 0.0147. The first kappa shape index (κ1) is 18.6. The second kappa shape index (κ2) is 8.47. The molecule has 1 unspecified atom stereocenters. The van der Waals surface area contributed by atoms with Crippen LogP contribution in [-0.2, 0) is 9.53 Å². The summed E-state index contributed by atoms with van der Waals surface area (Å²) in [5.74, 6) is 5.17. The van der Waals surface area contributed by atoms with Gasteiger partial charge in [-0.3, -0.25) is 4.79 Å². The van der Waals surface area contributed by atoms with Gasteiger partial charge in [-0.25, -0.2) is 9.97 Å². The number of ether oxygens (including phenoxy) is 2. The van der Waals surface area contributed by atoms with E-state index in [9.17, 15) is 9.18 Å². The van der Waals surface area contributed by atoms with E-state index in [1.165, 1.54) is 13.1 Å². The molecule has 7 nitrogen and oxygen atoms in total. The molecule has 0 radical (unpaired) electrons. The lowest BCUT2D eigenvalue weighted by Gasteiger charge is -2.13. The van der Waals surface area contributed by atoms with E-state index in [0.717, 1.165) is 18.9 Å². The molecule has 140 valence electrons. The molecular weight excluding hydrogens is 351 g/mol. The largest absolute Gasteiger partial charge is 0.488 e. The molecule has 1 saturated heterocycles. The van der Waals surface area contributed by atoms with Gasteiger partial charge >= 0.3 is 0 Å². The van der Waals surface area contributed by atoms with Crippen molar-refractivity contribution in [2.45, 2.75) is 25.9 Å². The Labute approximate surface area is 156 Å². The third kappa shape index (κ3) is 5.15. The molecule has 0 bridgehead atoms. The van der Waals surface area contributed by atoms with Crippen LogP contribution < -0.4 is 15.8 Å². The van der Waals surface area contributed by atoms with E-state index in [2.05, 4.69) is 27.1 Å². The number of nitrogen functional groups attached to an aromatic ring is 1. The molecule has 1 fully saturated rings. The van der Waals surface area contributed by atoms with Crippen LogP contribution in [0.15, 0.2) is 24.4 Å². The number of halogens is 1. The molecule has 2 aromatic rings. The first-order valence-corrected chi connectivity index (χ1v) is 8.47. The number of hydrogen-bond donors (Lipinski definition) is 2. The van der Waals surface area contributed by atoms with Crippen LogP contribution >= 0.6 is 0 Å². The lowest BCUT2D eigenvalue weighted by atomic mass is 10.2. The average Bonchev–Trinajstić information content (AvgIpc) is 3.14. The molecule has 3 heterocycles. The van der Waals surface area contributed by atoms with Gasteiger partial charge in [-0.1, -0.05) is 5.92 Å². The van der Waals surface area contributed by atoms with Crippen molar-refractivity contribution in [1.82, 2.24) is 9.97 Å². The van der Waals surface area contributed by atoms with Gasteiger partial charge in [0, 0.05) is 31.4 Å². The average molecular weight is 370 g/mol. The molecule has 0 spiro atoms. The fourth-order valence-electron chi connectivity index (χ4n) is 2.56. The normalized spacial score (nSPS) is 15.7. The van der Waals surface area contributed by atoms with E-state index in [0.29, 0.717) is 24.6 Å². The summed E-state index contributed by atoms with van der Waals surface area (Å²) in [6, 6.07) is 4.39. The van der Waals surface area contributed by atoms with E-state index < -0.39 is 5.95 Å². The Morgan fingerprint density at radius 3 is 3.07 bits per heavy atom. The summed E-state index contributed by atoms with van der Waals surface area (Å²) in [6.45, 7) is 2.39. The van der Waals surface area contributed by atoms with E-state index in [-0.39, 0.29) is 29.1 Å². The van der Waals surface area contributed by atoms with Gasteiger partial charge in [-0.15, -0.1) is 0 Å². The highest BCUT2D eigenvalue weighted by atomic mass is 19.1. The predicted octanol–water partition coefficient (Wildman–Crippen LogP) is 2.11. The van der Waals surface area contributed by atoms with Crippen LogP contribution in [0, 0.1) is 17.8 Å². The molecule has 3 rings (SSSR count). The van der Waals surface area contributed by atoms with Crippen molar-refractivity contribution in [3.05, 3.63) is 41.6 Å². The van der Waals surface area contributed by atoms with Crippen LogP contribution in [0.4, 0.5) is 15.9 Å². The van der Waals surface area contributed by atoms with E-state index in [1.807, 2.05) is 0 Å². The van der Waals surface area contributed by atoms with Crippen molar-refractivity contribution in [2.75, 3.05) is 24.3 Å². The van der Waals surface area contributed by atoms with Gasteiger partial charge < -0.3 is 20.5 Å². The summed E-state index contributed by atoms with van der Waals surface area (Å²) >= 11 is 0. The van der Waals surface area contributed by atoms with Gasteiger partial charge in [-0.2, -0.15) is 4.39 Å². The molecule has 3 N–H and O–H groups in total. The van der Waals surface area contributed by atoms with Gasteiger partial charge in [0.25, 0.3) is 0 Å². The molecule has 0 aromatic carbocycles. The van der Waals surface area contributed by atoms with Crippen molar-refractivity contribution in [1.29, 1.82) is 0 Å². The molecular formula is C19H19FN4O3. The van der Waals surface area contributed by atoms with Crippen LogP contribution in [0.5, 0.6) is 5.75 Å². The number of pyridine rings is 2. The third-order valence-electron chi connectivity index (χ3n) is 3.83. The van der Waals surface area contributed by atoms with Crippen molar-refractivity contribution in [3.8, 4) is 17.6 Å². The number of rotatable bonds is 4. The van der Waals surface area contributed by atoms with Gasteiger partial charge in [0.05, 0.1) is 6.10 Å².